The summed E-state index contributed by atoms with van der Waals surface area (Å²) in [7, 11) is 1.54. The summed E-state index contributed by atoms with van der Waals surface area (Å²) < 4.78 is 11.5. The second kappa shape index (κ2) is 7.40. The highest BCUT2D eigenvalue weighted by Gasteiger charge is 2.17. The van der Waals surface area contributed by atoms with E-state index in [0.29, 0.717) is 22.9 Å². The lowest BCUT2D eigenvalue weighted by Gasteiger charge is -2.11. The van der Waals surface area contributed by atoms with Crippen LogP contribution in [0.2, 0.25) is 0 Å². The molecule has 0 bridgehead atoms. The molecule has 140 valence electrons. The first-order valence-electron chi connectivity index (χ1n) is 8.71. The number of rotatable bonds is 5. The van der Waals surface area contributed by atoms with E-state index >= 15 is 0 Å². The fourth-order valence-corrected chi connectivity index (χ4v) is 3.90. The summed E-state index contributed by atoms with van der Waals surface area (Å²) in [6.07, 6.45) is 2.26. The summed E-state index contributed by atoms with van der Waals surface area (Å²) in [4.78, 5) is 20.6. The summed E-state index contributed by atoms with van der Waals surface area (Å²) in [5.41, 5.74) is 5.11. The van der Waals surface area contributed by atoms with Crippen LogP contribution in [0.3, 0.4) is 0 Å². The predicted octanol–water partition coefficient (Wildman–Crippen LogP) is 5.59. The Balaban J connectivity index is 1.83. The first-order chi connectivity index (χ1) is 13.6. The molecule has 4 rings (SSSR count). The van der Waals surface area contributed by atoms with Crippen molar-refractivity contribution in [1.82, 2.24) is 9.97 Å². The predicted molar refractivity (Wildman–Crippen MR) is 111 cm³/mol. The van der Waals surface area contributed by atoms with Gasteiger partial charge in [-0.3, -0.25) is 4.79 Å². The average Bonchev–Trinajstić information content (AvgIpc) is 3.15. The summed E-state index contributed by atoms with van der Waals surface area (Å²) >= 11 is 1.55. The second-order valence-corrected chi connectivity index (χ2v) is 7.30. The maximum absolute atomic E-state index is 11.0. The van der Waals surface area contributed by atoms with Crippen LogP contribution in [0.15, 0.2) is 48.1 Å². The Kier molecular flexibility index (Phi) is 4.79. The number of ether oxygens (including phenoxy) is 2. The van der Waals surface area contributed by atoms with Crippen LogP contribution in [0.1, 0.15) is 21.5 Å². The first-order valence-corrected chi connectivity index (χ1v) is 9.59. The third-order valence-corrected chi connectivity index (χ3v) is 5.57. The van der Waals surface area contributed by atoms with Crippen molar-refractivity contribution in [3.63, 3.8) is 0 Å². The highest BCUT2D eigenvalue weighted by atomic mass is 32.1. The van der Waals surface area contributed by atoms with Gasteiger partial charge in [0.1, 0.15) is 17.4 Å². The summed E-state index contributed by atoms with van der Waals surface area (Å²) in [5, 5.41) is 2.93. The molecule has 2 heterocycles. The van der Waals surface area contributed by atoms with Crippen LogP contribution in [0.4, 0.5) is 0 Å². The quantitative estimate of drug-likeness (QED) is 0.416. The number of carbonyl (C=O) groups excluding carboxylic acids is 1. The smallest absolute Gasteiger partial charge is 0.231 e. The topological polar surface area (TPSA) is 61.3 Å². The van der Waals surface area contributed by atoms with Crippen molar-refractivity contribution in [2.75, 3.05) is 7.11 Å². The number of benzene rings is 2. The molecule has 2 aromatic heterocycles. The van der Waals surface area contributed by atoms with Gasteiger partial charge in [-0.05, 0) is 48.7 Å². The number of nitrogens with zero attached hydrogens (tertiary/aromatic N) is 2. The van der Waals surface area contributed by atoms with Gasteiger partial charge in [-0.25, -0.2) is 9.97 Å². The third kappa shape index (κ3) is 3.23. The van der Waals surface area contributed by atoms with Crippen molar-refractivity contribution in [2.24, 2.45) is 0 Å². The fraction of sp³-hybridized carbons (Fsp3) is 0.136. The van der Waals surface area contributed by atoms with E-state index in [1.54, 1.807) is 29.5 Å². The molecule has 0 aliphatic heterocycles. The molecule has 6 heteroatoms. The lowest BCUT2D eigenvalue weighted by atomic mass is 10.0. The Bertz CT molecular complexity index is 1180. The van der Waals surface area contributed by atoms with Gasteiger partial charge in [0.05, 0.1) is 12.5 Å². The van der Waals surface area contributed by atoms with E-state index in [2.05, 4.69) is 47.4 Å². The van der Waals surface area contributed by atoms with Crippen LogP contribution in [-0.2, 0) is 0 Å². The van der Waals surface area contributed by atoms with Gasteiger partial charge in [0.25, 0.3) is 0 Å². The molecular formula is C22H18N2O3S. The van der Waals surface area contributed by atoms with Crippen LogP contribution in [0, 0.1) is 13.8 Å². The monoisotopic (exact) mass is 390 g/mol. The molecule has 5 nitrogen and oxygen atoms in total. The van der Waals surface area contributed by atoms with Crippen LogP contribution in [0.25, 0.3) is 21.3 Å². The maximum Gasteiger partial charge on any atom is 0.231 e. The molecule has 0 amide bonds. The van der Waals surface area contributed by atoms with Gasteiger partial charge in [-0.2, -0.15) is 0 Å². The molecule has 0 atom stereocenters. The summed E-state index contributed by atoms with van der Waals surface area (Å²) in [5.74, 6) is 1.42. The van der Waals surface area contributed by atoms with E-state index in [1.165, 1.54) is 24.6 Å². The van der Waals surface area contributed by atoms with Gasteiger partial charge in [0.15, 0.2) is 11.5 Å². The first kappa shape index (κ1) is 18.1. The van der Waals surface area contributed by atoms with Crippen molar-refractivity contribution in [1.29, 1.82) is 0 Å². The number of aromatic nitrogens is 2. The molecule has 0 aliphatic carbocycles. The molecule has 0 N–H and O–H groups in total. The van der Waals surface area contributed by atoms with Crippen molar-refractivity contribution in [2.45, 2.75) is 13.8 Å². The number of aryl methyl sites for hydroxylation is 2. The van der Waals surface area contributed by atoms with Crippen LogP contribution in [-0.4, -0.2) is 23.4 Å². The number of hydrogen-bond acceptors (Lipinski definition) is 6. The Morgan fingerprint density at radius 2 is 1.86 bits per heavy atom. The van der Waals surface area contributed by atoms with E-state index in [-0.39, 0.29) is 0 Å². The van der Waals surface area contributed by atoms with Gasteiger partial charge >= 0.3 is 0 Å². The number of hydrogen-bond donors (Lipinski definition) is 0. The van der Waals surface area contributed by atoms with Crippen molar-refractivity contribution >= 4 is 27.8 Å². The molecule has 0 saturated carbocycles. The van der Waals surface area contributed by atoms with Crippen molar-refractivity contribution < 1.29 is 14.3 Å². The van der Waals surface area contributed by atoms with Gasteiger partial charge in [0.2, 0.25) is 5.88 Å². The molecule has 0 spiro atoms. The Hall–Kier alpha value is -3.25. The Morgan fingerprint density at radius 3 is 2.61 bits per heavy atom. The summed E-state index contributed by atoms with van der Waals surface area (Å²) in [6, 6.07) is 11.4. The van der Waals surface area contributed by atoms with Gasteiger partial charge in [0, 0.05) is 16.5 Å². The number of aldehydes is 1. The molecule has 4 aromatic rings. The zero-order valence-corrected chi connectivity index (χ0v) is 16.5. The Morgan fingerprint density at radius 1 is 1.00 bits per heavy atom. The normalized spacial score (nSPS) is 10.8. The number of methoxy groups -OCH3 is 1. The van der Waals surface area contributed by atoms with Crippen LogP contribution in [0.5, 0.6) is 17.4 Å². The molecule has 0 unspecified atom stereocenters. The molecule has 2 aromatic carbocycles. The minimum absolute atomic E-state index is 0.455. The SMILES string of the molecule is COc1cc(C=O)ccc1Oc1ncnc2scc(-c3ccc(C)c(C)c3)c12. The standard InChI is InChI=1S/C22H18N2O3S/c1-13-4-6-16(8-14(13)2)17-11-28-22-20(17)21(23-12-24-22)27-18-7-5-15(10-25)9-19(18)26-3/h4-12H,1-3H3. The van der Waals surface area contributed by atoms with E-state index in [0.717, 1.165) is 27.6 Å². The number of fused-ring (bicyclic) bond motifs is 1. The lowest BCUT2D eigenvalue weighted by molar-refractivity contribution is 0.112. The van der Waals surface area contributed by atoms with Gasteiger partial charge < -0.3 is 9.47 Å². The van der Waals surface area contributed by atoms with Gasteiger partial charge in [-0.15, -0.1) is 11.3 Å². The van der Waals surface area contributed by atoms with E-state index in [4.69, 9.17) is 9.47 Å². The number of carbonyl (C=O) groups is 1. The summed E-state index contributed by atoms with van der Waals surface area (Å²) in [6.45, 7) is 4.19. The molecular weight excluding hydrogens is 372 g/mol. The lowest BCUT2D eigenvalue weighted by Crippen LogP contribution is -1.95. The largest absolute Gasteiger partial charge is 0.493 e. The zero-order valence-electron chi connectivity index (χ0n) is 15.7. The van der Waals surface area contributed by atoms with Crippen molar-refractivity contribution in [3.05, 3.63) is 64.8 Å². The minimum Gasteiger partial charge on any atom is -0.493 e. The fourth-order valence-electron chi connectivity index (χ4n) is 2.99. The Labute approximate surface area is 166 Å². The molecule has 28 heavy (non-hydrogen) atoms. The van der Waals surface area contributed by atoms with Crippen LogP contribution >= 0.6 is 11.3 Å². The van der Waals surface area contributed by atoms with E-state index in [9.17, 15) is 4.79 Å². The molecule has 0 radical (unpaired) electrons. The second-order valence-electron chi connectivity index (χ2n) is 6.44. The average molecular weight is 390 g/mol. The maximum atomic E-state index is 11.0. The molecule has 0 fully saturated rings. The third-order valence-electron chi connectivity index (χ3n) is 4.68. The number of thiophene rings is 1. The highest BCUT2D eigenvalue weighted by Crippen LogP contribution is 2.41. The van der Waals surface area contributed by atoms with E-state index in [1.807, 2.05) is 0 Å². The van der Waals surface area contributed by atoms with Gasteiger partial charge in [-0.1, -0.05) is 18.2 Å². The molecule has 0 saturated heterocycles. The minimum atomic E-state index is 0.455. The molecule has 0 aliphatic rings. The van der Waals surface area contributed by atoms with Crippen molar-refractivity contribution in [3.8, 4) is 28.5 Å². The van der Waals surface area contributed by atoms with E-state index < -0.39 is 0 Å². The zero-order chi connectivity index (χ0) is 19.7. The van der Waals surface area contributed by atoms with Crippen LogP contribution < -0.4 is 9.47 Å². The highest BCUT2D eigenvalue weighted by molar-refractivity contribution is 7.17.